The Bertz CT molecular complexity index is 991. The zero-order chi connectivity index (χ0) is 18.0. The third kappa shape index (κ3) is 3.50. The SMILES string of the molecule is Cc1ccc(-n2c(C)ccc(C(=O)Nc3cccc(F)c3)c2=O)cc1. The van der Waals surface area contributed by atoms with Gasteiger partial charge in [-0.05, 0) is 56.3 Å². The zero-order valence-electron chi connectivity index (χ0n) is 13.9. The smallest absolute Gasteiger partial charge is 0.268 e. The standard InChI is InChI=1S/C20H17FN2O2/c1-13-6-9-17(10-7-13)23-14(2)8-11-18(20(23)25)19(24)22-16-5-3-4-15(21)12-16/h3-12H,1-2H3,(H,22,24). The van der Waals surface area contributed by atoms with Gasteiger partial charge in [0.25, 0.3) is 11.5 Å². The van der Waals surface area contributed by atoms with Crippen molar-refractivity contribution in [1.29, 1.82) is 0 Å². The second kappa shape index (κ2) is 6.73. The van der Waals surface area contributed by atoms with Crippen molar-refractivity contribution in [3.05, 3.63) is 93.7 Å². The van der Waals surface area contributed by atoms with E-state index < -0.39 is 17.3 Å². The summed E-state index contributed by atoms with van der Waals surface area (Å²) in [5.41, 5.74) is 2.36. The lowest BCUT2D eigenvalue weighted by Gasteiger charge is -2.12. The van der Waals surface area contributed by atoms with Crippen LogP contribution in [-0.2, 0) is 0 Å². The van der Waals surface area contributed by atoms with Crippen molar-refractivity contribution in [3.63, 3.8) is 0 Å². The molecule has 1 amide bonds. The summed E-state index contributed by atoms with van der Waals surface area (Å²) in [6, 6.07) is 16.2. The number of hydrogen-bond donors (Lipinski definition) is 1. The van der Waals surface area contributed by atoms with Crippen LogP contribution in [0.15, 0.2) is 65.5 Å². The van der Waals surface area contributed by atoms with Gasteiger partial charge >= 0.3 is 0 Å². The molecule has 3 aromatic rings. The summed E-state index contributed by atoms with van der Waals surface area (Å²) in [6.45, 7) is 3.76. The summed E-state index contributed by atoms with van der Waals surface area (Å²) < 4.78 is 14.7. The Kier molecular flexibility index (Phi) is 4.48. The molecule has 1 heterocycles. The van der Waals surface area contributed by atoms with Crippen LogP contribution in [0.2, 0.25) is 0 Å². The summed E-state index contributed by atoms with van der Waals surface area (Å²) in [5, 5.41) is 2.55. The molecule has 2 aromatic carbocycles. The van der Waals surface area contributed by atoms with Crippen LogP contribution in [0.3, 0.4) is 0 Å². The molecule has 4 nitrogen and oxygen atoms in total. The minimum atomic E-state index is -0.573. The number of halogens is 1. The van der Waals surface area contributed by atoms with Gasteiger partial charge in [0.15, 0.2) is 0 Å². The fourth-order valence-electron chi connectivity index (χ4n) is 2.58. The first kappa shape index (κ1) is 16.6. The maximum Gasteiger partial charge on any atom is 0.268 e. The topological polar surface area (TPSA) is 51.1 Å². The van der Waals surface area contributed by atoms with Crippen molar-refractivity contribution < 1.29 is 9.18 Å². The summed E-state index contributed by atoms with van der Waals surface area (Å²) in [5.74, 6) is -1.03. The predicted octanol–water partition coefficient (Wildman–Crippen LogP) is 3.85. The molecular weight excluding hydrogens is 319 g/mol. The number of benzene rings is 2. The predicted molar refractivity (Wildman–Crippen MR) is 95.9 cm³/mol. The molecule has 1 aromatic heterocycles. The highest BCUT2D eigenvalue weighted by Crippen LogP contribution is 2.13. The largest absolute Gasteiger partial charge is 0.322 e. The van der Waals surface area contributed by atoms with E-state index in [1.807, 2.05) is 31.2 Å². The number of nitrogens with zero attached hydrogens (tertiary/aromatic N) is 1. The van der Waals surface area contributed by atoms with Crippen LogP contribution in [0.1, 0.15) is 21.6 Å². The number of aromatic nitrogens is 1. The Morgan fingerprint density at radius 3 is 2.40 bits per heavy atom. The molecule has 1 N–H and O–H groups in total. The van der Waals surface area contributed by atoms with Gasteiger partial charge in [-0.25, -0.2) is 4.39 Å². The van der Waals surface area contributed by atoms with Gasteiger partial charge in [-0.15, -0.1) is 0 Å². The third-order valence-corrected chi connectivity index (χ3v) is 3.90. The number of pyridine rings is 1. The molecule has 0 aliphatic heterocycles. The average Bonchev–Trinajstić information content (AvgIpc) is 2.56. The first-order valence-electron chi connectivity index (χ1n) is 7.82. The third-order valence-electron chi connectivity index (χ3n) is 3.90. The van der Waals surface area contributed by atoms with Gasteiger partial charge in [0.05, 0.1) is 0 Å². The minimum absolute atomic E-state index is 0.00423. The summed E-state index contributed by atoms with van der Waals surface area (Å²) >= 11 is 0. The van der Waals surface area contributed by atoms with Crippen LogP contribution in [-0.4, -0.2) is 10.5 Å². The second-order valence-corrected chi connectivity index (χ2v) is 5.83. The van der Waals surface area contributed by atoms with Crippen molar-refractivity contribution in [1.82, 2.24) is 4.57 Å². The van der Waals surface area contributed by atoms with Crippen LogP contribution in [0, 0.1) is 19.7 Å². The van der Waals surface area contributed by atoms with Crippen molar-refractivity contribution in [2.24, 2.45) is 0 Å². The molecule has 0 spiro atoms. The fourth-order valence-corrected chi connectivity index (χ4v) is 2.58. The van der Waals surface area contributed by atoms with E-state index in [2.05, 4.69) is 5.32 Å². The van der Waals surface area contributed by atoms with Crippen LogP contribution in [0.4, 0.5) is 10.1 Å². The monoisotopic (exact) mass is 336 g/mol. The van der Waals surface area contributed by atoms with Gasteiger partial charge in [-0.1, -0.05) is 23.8 Å². The number of aryl methyl sites for hydroxylation is 2. The highest BCUT2D eigenvalue weighted by molar-refractivity contribution is 6.04. The van der Waals surface area contributed by atoms with Crippen molar-refractivity contribution in [2.75, 3.05) is 5.32 Å². The quantitative estimate of drug-likeness (QED) is 0.790. The van der Waals surface area contributed by atoms with E-state index in [4.69, 9.17) is 0 Å². The Hall–Kier alpha value is -3.21. The lowest BCUT2D eigenvalue weighted by atomic mass is 10.2. The number of hydrogen-bond acceptors (Lipinski definition) is 2. The molecule has 0 radical (unpaired) electrons. The Morgan fingerprint density at radius 2 is 1.72 bits per heavy atom. The molecule has 0 bridgehead atoms. The van der Waals surface area contributed by atoms with E-state index in [1.165, 1.54) is 28.8 Å². The average molecular weight is 336 g/mol. The van der Waals surface area contributed by atoms with Gasteiger partial charge < -0.3 is 5.32 Å². The van der Waals surface area contributed by atoms with Gasteiger partial charge in [0, 0.05) is 17.1 Å². The first-order chi connectivity index (χ1) is 12.0. The lowest BCUT2D eigenvalue weighted by Crippen LogP contribution is -2.29. The van der Waals surface area contributed by atoms with Crippen molar-refractivity contribution in [3.8, 4) is 5.69 Å². The summed E-state index contributed by atoms with van der Waals surface area (Å²) in [7, 11) is 0. The lowest BCUT2D eigenvalue weighted by molar-refractivity contribution is 0.102. The summed E-state index contributed by atoms with van der Waals surface area (Å²) in [4.78, 5) is 25.3. The van der Waals surface area contributed by atoms with E-state index in [0.717, 1.165) is 11.3 Å². The normalized spacial score (nSPS) is 10.5. The number of amides is 1. The second-order valence-electron chi connectivity index (χ2n) is 5.83. The molecule has 5 heteroatoms. The molecular formula is C20H17FN2O2. The van der Waals surface area contributed by atoms with Crippen LogP contribution < -0.4 is 10.9 Å². The zero-order valence-corrected chi connectivity index (χ0v) is 13.9. The molecule has 25 heavy (non-hydrogen) atoms. The number of carbonyl (C=O) groups is 1. The Balaban J connectivity index is 2.00. The number of carbonyl (C=O) groups excluding carboxylic acids is 1. The molecule has 3 rings (SSSR count). The highest BCUT2D eigenvalue weighted by Gasteiger charge is 2.15. The molecule has 0 saturated heterocycles. The Morgan fingerprint density at radius 1 is 1.00 bits per heavy atom. The van der Waals surface area contributed by atoms with Gasteiger partial charge in [0.1, 0.15) is 11.4 Å². The first-order valence-corrected chi connectivity index (χ1v) is 7.82. The molecule has 0 fully saturated rings. The van der Waals surface area contributed by atoms with E-state index in [9.17, 15) is 14.0 Å². The number of nitrogens with one attached hydrogen (secondary N) is 1. The van der Waals surface area contributed by atoms with E-state index in [-0.39, 0.29) is 5.56 Å². The molecule has 0 unspecified atom stereocenters. The fraction of sp³-hybridized carbons (Fsp3) is 0.100. The van der Waals surface area contributed by atoms with Crippen molar-refractivity contribution >= 4 is 11.6 Å². The van der Waals surface area contributed by atoms with Gasteiger partial charge in [0.2, 0.25) is 0 Å². The maximum absolute atomic E-state index is 13.3. The van der Waals surface area contributed by atoms with E-state index in [1.54, 1.807) is 19.1 Å². The Labute approximate surface area is 144 Å². The minimum Gasteiger partial charge on any atom is -0.322 e. The van der Waals surface area contributed by atoms with Crippen LogP contribution in [0.5, 0.6) is 0 Å². The molecule has 126 valence electrons. The highest BCUT2D eigenvalue weighted by atomic mass is 19.1. The van der Waals surface area contributed by atoms with Crippen molar-refractivity contribution in [2.45, 2.75) is 13.8 Å². The summed E-state index contributed by atoms with van der Waals surface area (Å²) in [6.07, 6.45) is 0. The molecule has 0 atom stereocenters. The number of anilines is 1. The van der Waals surface area contributed by atoms with Crippen LogP contribution >= 0.6 is 0 Å². The molecule has 0 aliphatic rings. The van der Waals surface area contributed by atoms with Gasteiger partial charge in [-0.2, -0.15) is 0 Å². The van der Waals surface area contributed by atoms with E-state index in [0.29, 0.717) is 11.4 Å². The van der Waals surface area contributed by atoms with E-state index >= 15 is 0 Å². The number of rotatable bonds is 3. The van der Waals surface area contributed by atoms with Crippen LogP contribution in [0.25, 0.3) is 5.69 Å². The molecule has 0 aliphatic carbocycles. The van der Waals surface area contributed by atoms with Gasteiger partial charge in [-0.3, -0.25) is 14.2 Å². The maximum atomic E-state index is 13.3. The molecule has 0 saturated carbocycles.